The molecule has 0 saturated carbocycles. The SMILES string of the molecule is Cc1cccc(OC2CN(C(=O)c3ccc(C)c([N+](=O)[O-])c3)C2)n1. The van der Waals surface area contributed by atoms with Gasteiger partial charge in [0.2, 0.25) is 5.88 Å². The van der Waals surface area contributed by atoms with Crippen LogP contribution in [0.25, 0.3) is 0 Å². The smallest absolute Gasteiger partial charge is 0.273 e. The Hall–Kier alpha value is -2.96. The molecule has 0 atom stereocenters. The Balaban J connectivity index is 1.62. The molecule has 124 valence electrons. The van der Waals surface area contributed by atoms with Crippen molar-refractivity contribution in [2.45, 2.75) is 20.0 Å². The molecule has 1 aliphatic heterocycles. The van der Waals surface area contributed by atoms with Crippen LogP contribution in [0, 0.1) is 24.0 Å². The van der Waals surface area contributed by atoms with Crippen LogP contribution in [0.2, 0.25) is 0 Å². The fraction of sp³-hybridized carbons (Fsp3) is 0.294. The molecule has 0 spiro atoms. The van der Waals surface area contributed by atoms with E-state index in [0.29, 0.717) is 30.1 Å². The number of nitrogens with zero attached hydrogens (tertiary/aromatic N) is 3. The summed E-state index contributed by atoms with van der Waals surface area (Å²) in [5.74, 6) is 0.313. The van der Waals surface area contributed by atoms with E-state index in [1.54, 1.807) is 30.0 Å². The molecule has 24 heavy (non-hydrogen) atoms. The zero-order valence-corrected chi connectivity index (χ0v) is 13.4. The maximum absolute atomic E-state index is 12.4. The van der Waals surface area contributed by atoms with Gasteiger partial charge in [0.05, 0.1) is 18.0 Å². The Morgan fingerprint density at radius 2 is 2.04 bits per heavy atom. The number of ether oxygens (including phenoxy) is 1. The molecule has 0 N–H and O–H groups in total. The van der Waals surface area contributed by atoms with Gasteiger partial charge < -0.3 is 9.64 Å². The molecule has 1 fully saturated rings. The van der Waals surface area contributed by atoms with Crippen molar-refractivity contribution >= 4 is 11.6 Å². The molecule has 3 rings (SSSR count). The summed E-state index contributed by atoms with van der Waals surface area (Å²) in [5, 5.41) is 11.0. The number of carbonyl (C=O) groups is 1. The molecule has 0 bridgehead atoms. The molecule has 1 aliphatic rings. The third kappa shape index (κ3) is 3.19. The number of pyridine rings is 1. The first-order valence-corrected chi connectivity index (χ1v) is 7.58. The molecule has 1 amide bonds. The van der Waals surface area contributed by atoms with Gasteiger partial charge in [-0.1, -0.05) is 12.1 Å². The number of carbonyl (C=O) groups excluding carboxylic acids is 1. The van der Waals surface area contributed by atoms with Crippen molar-refractivity contribution in [1.29, 1.82) is 0 Å². The second-order valence-corrected chi connectivity index (χ2v) is 5.83. The van der Waals surface area contributed by atoms with Crippen LogP contribution in [0.5, 0.6) is 5.88 Å². The number of likely N-dealkylation sites (tertiary alicyclic amines) is 1. The number of nitro groups is 1. The lowest BCUT2D eigenvalue weighted by molar-refractivity contribution is -0.385. The first-order chi connectivity index (χ1) is 11.4. The molecule has 7 heteroatoms. The van der Waals surface area contributed by atoms with E-state index in [9.17, 15) is 14.9 Å². The number of hydrogen-bond donors (Lipinski definition) is 0. The second-order valence-electron chi connectivity index (χ2n) is 5.83. The minimum absolute atomic E-state index is 0.0434. The van der Waals surface area contributed by atoms with Crippen LogP contribution in [0.1, 0.15) is 21.6 Å². The Morgan fingerprint density at radius 3 is 2.71 bits per heavy atom. The minimum Gasteiger partial charge on any atom is -0.471 e. The highest BCUT2D eigenvalue weighted by Crippen LogP contribution is 2.23. The van der Waals surface area contributed by atoms with E-state index in [2.05, 4.69) is 4.98 Å². The van der Waals surface area contributed by atoms with Gasteiger partial charge in [-0.3, -0.25) is 14.9 Å². The summed E-state index contributed by atoms with van der Waals surface area (Å²) in [6, 6.07) is 10.1. The van der Waals surface area contributed by atoms with Gasteiger partial charge in [0.1, 0.15) is 6.10 Å². The molecule has 0 unspecified atom stereocenters. The van der Waals surface area contributed by atoms with Crippen LogP contribution in [-0.2, 0) is 0 Å². The Bertz CT molecular complexity index is 800. The predicted molar refractivity (Wildman–Crippen MR) is 87.1 cm³/mol. The first kappa shape index (κ1) is 15.9. The molecule has 0 radical (unpaired) electrons. The van der Waals surface area contributed by atoms with Crippen molar-refractivity contribution in [1.82, 2.24) is 9.88 Å². The van der Waals surface area contributed by atoms with E-state index in [-0.39, 0.29) is 17.7 Å². The van der Waals surface area contributed by atoms with Crippen molar-refractivity contribution in [3.63, 3.8) is 0 Å². The molecule has 0 aliphatic carbocycles. The lowest BCUT2D eigenvalue weighted by Gasteiger charge is -2.38. The van der Waals surface area contributed by atoms with Gasteiger partial charge in [0.25, 0.3) is 11.6 Å². The molecular weight excluding hydrogens is 310 g/mol. The number of rotatable bonds is 4. The number of aromatic nitrogens is 1. The summed E-state index contributed by atoms with van der Waals surface area (Å²) in [7, 11) is 0. The zero-order valence-electron chi connectivity index (χ0n) is 13.4. The summed E-state index contributed by atoms with van der Waals surface area (Å²) in [6.45, 7) is 4.41. The van der Waals surface area contributed by atoms with E-state index >= 15 is 0 Å². The van der Waals surface area contributed by atoms with Crippen molar-refractivity contribution in [3.05, 3.63) is 63.3 Å². The summed E-state index contributed by atoms with van der Waals surface area (Å²) < 4.78 is 5.72. The van der Waals surface area contributed by atoms with Gasteiger partial charge in [-0.15, -0.1) is 0 Å². The van der Waals surface area contributed by atoms with E-state index in [4.69, 9.17) is 4.74 Å². The predicted octanol–water partition coefficient (Wildman–Crippen LogP) is 2.51. The van der Waals surface area contributed by atoms with Crippen LogP contribution < -0.4 is 4.74 Å². The second kappa shape index (κ2) is 6.27. The van der Waals surface area contributed by atoms with Crippen LogP contribution in [0.4, 0.5) is 5.69 Å². The van der Waals surface area contributed by atoms with Gasteiger partial charge in [0, 0.05) is 29.0 Å². The third-order valence-corrected chi connectivity index (χ3v) is 3.94. The average Bonchev–Trinajstić information content (AvgIpc) is 2.50. The average molecular weight is 327 g/mol. The van der Waals surface area contributed by atoms with Crippen molar-refractivity contribution in [2.24, 2.45) is 0 Å². The maximum Gasteiger partial charge on any atom is 0.273 e. The Morgan fingerprint density at radius 1 is 1.29 bits per heavy atom. The largest absolute Gasteiger partial charge is 0.471 e. The van der Waals surface area contributed by atoms with E-state index in [1.807, 2.05) is 19.1 Å². The molecule has 1 aromatic heterocycles. The normalized spacial score (nSPS) is 14.2. The number of nitro benzene ring substituents is 1. The quantitative estimate of drug-likeness (QED) is 0.636. The van der Waals surface area contributed by atoms with Crippen LogP contribution in [-0.4, -0.2) is 39.9 Å². The third-order valence-electron chi connectivity index (χ3n) is 3.94. The maximum atomic E-state index is 12.4. The summed E-state index contributed by atoms with van der Waals surface area (Å²) in [5.41, 5.74) is 1.68. The van der Waals surface area contributed by atoms with Crippen molar-refractivity contribution < 1.29 is 14.5 Å². The van der Waals surface area contributed by atoms with Crippen LogP contribution >= 0.6 is 0 Å². The van der Waals surface area contributed by atoms with Crippen molar-refractivity contribution in [2.75, 3.05) is 13.1 Å². The van der Waals surface area contributed by atoms with Gasteiger partial charge in [-0.2, -0.15) is 0 Å². The molecule has 1 aromatic carbocycles. The lowest BCUT2D eigenvalue weighted by atomic mass is 10.1. The number of hydrogen-bond acceptors (Lipinski definition) is 5. The highest BCUT2D eigenvalue weighted by atomic mass is 16.6. The van der Waals surface area contributed by atoms with Gasteiger partial charge >= 0.3 is 0 Å². The topological polar surface area (TPSA) is 85.6 Å². The fourth-order valence-corrected chi connectivity index (χ4v) is 2.55. The number of benzene rings is 1. The summed E-state index contributed by atoms with van der Waals surface area (Å²) in [4.78, 5) is 28.8. The molecule has 2 aromatic rings. The molecule has 1 saturated heterocycles. The monoisotopic (exact) mass is 327 g/mol. The van der Waals surface area contributed by atoms with Gasteiger partial charge in [0.15, 0.2) is 0 Å². The number of amides is 1. The highest BCUT2D eigenvalue weighted by molar-refractivity contribution is 5.95. The van der Waals surface area contributed by atoms with E-state index in [1.165, 1.54) is 6.07 Å². The summed E-state index contributed by atoms with van der Waals surface area (Å²) in [6.07, 6.45) is -0.108. The zero-order chi connectivity index (χ0) is 17.3. The van der Waals surface area contributed by atoms with E-state index in [0.717, 1.165) is 5.69 Å². The van der Waals surface area contributed by atoms with Gasteiger partial charge in [-0.25, -0.2) is 4.98 Å². The lowest BCUT2D eigenvalue weighted by Crippen LogP contribution is -2.56. The van der Waals surface area contributed by atoms with E-state index < -0.39 is 4.92 Å². The Labute approximate surface area is 139 Å². The Kier molecular flexibility index (Phi) is 4.16. The fourth-order valence-electron chi connectivity index (χ4n) is 2.55. The van der Waals surface area contributed by atoms with Gasteiger partial charge in [-0.05, 0) is 26.0 Å². The highest BCUT2D eigenvalue weighted by Gasteiger charge is 2.33. The van der Waals surface area contributed by atoms with Crippen LogP contribution in [0.15, 0.2) is 36.4 Å². The molecule has 7 nitrogen and oxygen atoms in total. The minimum atomic E-state index is -0.475. The van der Waals surface area contributed by atoms with Crippen LogP contribution in [0.3, 0.4) is 0 Å². The molecular formula is C17H17N3O4. The van der Waals surface area contributed by atoms with Crippen molar-refractivity contribution in [3.8, 4) is 5.88 Å². The first-order valence-electron chi connectivity index (χ1n) is 7.58. The summed E-state index contributed by atoms with van der Waals surface area (Å²) >= 11 is 0. The number of aryl methyl sites for hydroxylation is 2. The standard InChI is InChI=1S/C17H17N3O4/c1-11-6-7-13(8-15(11)20(22)23)17(21)19-9-14(10-19)24-16-5-3-4-12(2)18-16/h3-8,14H,9-10H2,1-2H3. The molecule has 2 heterocycles.